The van der Waals surface area contributed by atoms with Crippen molar-refractivity contribution in [2.24, 2.45) is 0 Å². The van der Waals surface area contributed by atoms with Crippen LogP contribution < -0.4 is 14.9 Å². The number of rotatable bonds is 8. The summed E-state index contributed by atoms with van der Waals surface area (Å²) in [4.78, 5) is 27.1. The summed E-state index contributed by atoms with van der Waals surface area (Å²) < 4.78 is 29.3. The predicted octanol–water partition coefficient (Wildman–Crippen LogP) is 3.82. The van der Waals surface area contributed by atoms with Gasteiger partial charge in [-0.3, -0.25) is 9.59 Å². The van der Waals surface area contributed by atoms with E-state index in [9.17, 15) is 18.0 Å². The fraction of sp³-hybridized carbons (Fsp3) is 0.259. The topological polar surface area (TPSA) is 95.6 Å². The fourth-order valence-corrected chi connectivity index (χ4v) is 5.40. The van der Waals surface area contributed by atoms with Crippen molar-refractivity contribution in [2.45, 2.75) is 44.0 Å². The first-order valence-electron chi connectivity index (χ1n) is 11.6. The largest absolute Gasteiger partial charge is 0.325 e. The molecule has 1 aliphatic heterocycles. The van der Waals surface area contributed by atoms with Gasteiger partial charge in [-0.15, -0.1) is 0 Å². The number of carbonyl (C=O) groups is 2. The number of nitrogens with zero attached hydrogens (tertiary/aromatic N) is 1. The first kappa shape index (κ1) is 24.6. The van der Waals surface area contributed by atoms with E-state index in [4.69, 9.17) is 0 Å². The molecule has 1 aliphatic rings. The molecular weight excluding hydrogens is 462 g/mol. The van der Waals surface area contributed by atoms with Crippen molar-refractivity contribution in [3.05, 3.63) is 89.5 Å². The van der Waals surface area contributed by atoms with Crippen LogP contribution >= 0.6 is 0 Å². The molecule has 0 saturated heterocycles. The van der Waals surface area contributed by atoms with E-state index in [1.165, 1.54) is 6.07 Å². The maximum atomic E-state index is 13.3. The molecule has 3 aromatic rings. The van der Waals surface area contributed by atoms with Crippen LogP contribution in [0.15, 0.2) is 77.7 Å². The number of anilines is 2. The quantitative estimate of drug-likeness (QED) is 0.501. The van der Waals surface area contributed by atoms with E-state index in [-0.39, 0.29) is 17.2 Å². The molecular formula is C27H29N3O4S. The predicted molar refractivity (Wildman–Crippen MR) is 137 cm³/mol. The van der Waals surface area contributed by atoms with Crippen molar-refractivity contribution < 1.29 is 18.0 Å². The molecule has 4 rings (SSSR count). The van der Waals surface area contributed by atoms with Gasteiger partial charge in [0.05, 0.1) is 4.90 Å². The average molecular weight is 492 g/mol. The number of carbonyl (C=O) groups excluding carboxylic acids is 2. The van der Waals surface area contributed by atoms with Crippen LogP contribution in [-0.4, -0.2) is 32.8 Å². The van der Waals surface area contributed by atoms with Gasteiger partial charge in [-0.2, -0.15) is 4.72 Å². The molecule has 35 heavy (non-hydrogen) atoms. The summed E-state index contributed by atoms with van der Waals surface area (Å²) in [5.41, 5.74) is 4.03. The van der Waals surface area contributed by atoms with E-state index in [1.807, 2.05) is 49.4 Å². The third-order valence-electron chi connectivity index (χ3n) is 6.08. The van der Waals surface area contributed by atoms with Crippen molar-refractivity contribution in [3.63, 3.8) is 0 Å². The molecule has 0 saturated carbocycles. The van der Waals surface area contributed by atoms with E-state index in [0.717, 1.165) is 22.4 Å². The minimum atomic E-state index is -4.00. The summed E-state index contributed by atoms with van der Waals surface area (Å²) >= 11 is 0. The Bertz CT molecular complexity index is 1320. The lowest BCUT2D eigenvalue weighted by Crippen LogP contribution is -2.45. The highest BCUT2D eigenvalue weighted by Gasteiger charge is 2.29. The van der Waals surface area contributed by atoms with Gasteiger partial charge in [0.15, 0.2) is 0 Å². The summed E-state index contributed by atoms with van der Waals surface area (Å²) in [7, 11) is -4.00. The van der Waals surface area contributed by atoms with E-state index < -0.39 is 22.0 Å². The zero-order valence-electron chi connectivity index (χ0n) is 19.8. The highest BCUT2D eigenvalue weighted by Crippen LogP contribution is 2.30. The maximum Gasteiger partial charge on any atom is 0.242 e. The SMILES string of the molecule is CCC(=O)N1CCc2cc(S(=O)(=O)N[C@H](Cc3ccccc3)C(=O)Nc3ccc(C)cc3)ccc21. The van der Waals surface area contributed by atoms with Crippen molar-refractivity contribution in [3.8, 4) is 0 Å². The molecule has 0 aromatic heterocycles. The monoisotopic (exact) mass is 491 g/mol. The lowest BCUT2D eigenvalue weighted by atomic mass is 10.1. The van der Waals surface area contributed by atoms with Crippen molar-refractivity contribution in [2.75, 3.05) is 16.8 Å². The van der Waals surface area contributed by atoms with Crippen molar-refractivity contribution in [1.82, 2.24) is 4.72 Å². The number of amides is 2. The molecule has 8 heteroatoms. The Morgan fingerprint density at radius 1 is 1.00 bits per heavy atom. The third kappa shape index (κ3) is 5.78. The van der Waals surface area contributed by atoms with Gasteiger partial charge in [-0.05, 0) is 61.2 Å². The Kier molecular flexibility index (Phi) is 7.33. The number of fused-ring (bicyclic) bond motifs is 1. The Labute approximate surface area is 206 Å². The van der Waals surface area contributed by atoms with Crippen LogP contribution in [0.25, 0.3) is 0 Å². The number of nitrogens with one attached hydrogen (secondary N) is 2. The van der Waals surface area contributed by atoms with E-state index >= 15 is 0 Å². The fourth-order valence-electron chi connectivity index (χ4n) is 4.15. The number of sulfonamides is 1. The number of aryl methyl sites for hydroxylation is 1. The second kappa shape index (κ2) is 10.4. The van der Waals surface area contributed by atoms with E-state index in [0.29, 0.717) is 25.1 Å². The molecule has 0 fully saturated rings. The average Bonchev–Trinajstić information content (AvgIpc) is 3.28. The van der Waals surface area contributed by atoms with Crippen LogP contribution in [0, 0.1) is 6.92 Å². The normalized spacial score (nSPS) is 13.8. The number of benzene rings is 3. The van der Waals surface area contributed by atoms with Gasteiger partial charge < -0.3 is 10.2 Å². The maximum absolute atomic E-state index is 13.3. The first-order chi connectivity index (χ1) is 16.8. The molecule has 0 unspecified atom stereocenters. The molecule has 2 amide bonds. The molecule has 182 valence electrons. The summed E-state index contributed by atoms with van der Waals surface area (Å²) in [5, 5.41) is 2.82. The molecule has 0 aliphatic carbocycles. The van der Waals surface area contributed by atoms with Gasteiger partial charge >= 0.3 is 0 Å². The zero-order chi connectivity index (χ0) is 25.0. The standard InChI is InChI=1S/C27H29N3O4S/c1-3-26(31)30-16-15-21-18-23(13-14-25(21)30)35(33,34)29-24(17-20-7-5-4-6-8-20)27(32)28-22-11-9-19(2)10-12-22/h4-14,18,24,29H,3,15-17H2,1-2H3,(H,28,32)/t24-/m1/s1. The molecule has 3 aromatic carbocycles. The number of hydrogen-bond acceptors (Lipinski definition) is 4. The molecule has 1 atom stereocenters. The molecule has 0 radical (unpaired) electrons. The molecule has 1 heterocycles. The summed E-state index contributed by atoms with van der Waals surface area (Å²) in [6, 6.07) is 20.3. The van der Waals surface area contributed by atoms with Crippen LogP contribution in [0.1, 0.15) is 30.0 Å². The minimum absolute atomic E-state index is 0.00758. The Hall–Kier alpha value is -3.49. The van der Waals surface area contributed by atoms with Crippen LogP contribution in [0.2, 0.25) is 0 Å². The third-order valence-corrected chi connectivity index (χ3v) is 7.55. The Morgan fingerprint density at radius 2 is 1.71 bits per heavy atom. The second-order valence-electron chi connectivity index (χ2n) is 8.66. The van der Waals surface area contributed by atoms with Crippen LogP contribution in [-0.2, 0) is 32.5 Å². The smallest absolute Gasteiger partial charge is 0.242 e. The van der Waals surface area contributed by atoms with Gasteiger partial charge in [0, 0.05) is 24.3 Å². The Morgan fingerprint density at radius 3 is 2.40 bits per heavy atom. The summed E-state index contributed by atoms with van der Waals surface area (Å²) in [6.07, 6.45) is 1.17. The summed E-state index contributed by atoms with van der Waals surface area (Å²) in [5.74, 6) is -0.435. The van der Waals surface area contributed by atoms with Crippen molar-refractivity contribution >= 4 is 33.2 Å². The molecule has 0 spiro atoms. The van der Waals surface area contributed by atoms with Gasteiger partial charge in [-0.1, -0.05) is 55.0 Å². The lowest BCUT2D eigenvalue weighted by Gasteiger charge is -2.20. The van der Waals surface area contributed by atoms with Gasteiger partial charge in [-0.25, -0.2) is 8.42 Å². The van der Waals surface area contributed by atoms with Gasteiger partial charge in [0.1, 0.15) is 6.04 Å². The highest BCUT2D eigenvalue weighted by atomic mass is 32.2. The van der Waals surface area contributed by atoms with E-state index in [1.54, 1.807) is 36.1 Å². The minimum Gasteiger partial charge on any atom is -0.325 e. The highest BCUT2D eigenvalue weighted by molar-refractivity contribution is 7.89. The zero-order valence-corrected chi connectivity index (χ0v) is 20.6. The van der Waals surface area contributed by atoms with E-state index in [2.05, 4.69) is 10.0 Å². The molecule has 0 bridgehead atoms. The van der Waals surface area contributed by atoms with Gasteiger partial charge in [0.25, 0.3) is 0 Å². The molecule has 7 nitrogen and oxygen atoms in total. The lowest BCUT2D eigenvalue weighted by molar-refractivity contribution is -0.118. The Balaban J connectivity index is 1.58. The van der Waals surface area contributed by atoms with Crippen molar-refractivity contribution in [1.29, 1.82) is 0 Å². The van der Waals surface area contributed by atoms with Crippen LogP contribution in [0.3, 0.4) is 0 Å². The molecule has 2 N–H and O–H groups in total. The van der Waals surface area contributed by atoms with Gasteiger partial charge in [0.2, 0.25) is 21.8 Å². The second-order valence-corrected chi connectivity index (χ2v) is 10.4. The first-order valence-corrected chi connectivity index (χ1v) is 13.1. The van der Waals surface area contributed by atoms with Crippen LogP contribution in [0.5, 0.6) is 0 Å². The van der Waals surface area contributed by atoms with Crippen LogP contribution in [0.4, 0.5) is 11.4 Å². The summed E-state index contributed by atoms with van der Waals surface area (Å²) in [6.45, 7) is 4.29. The number of hydrogen-bond donors (Lipinski definition) is 2.